The van der Waals surface area contributed by atoms with Gasteiger partial charge in [0.1, 0.15) is 5.82 Å². The third kappa shape index (κ3) is 2.10. The maximum atomic E-state index is 6.07. The molecule has 4 heteroatoms. The van der Waals surface area contributed by atoms with E-state index in [-0.39, 0.29) is 0 Å². The zero-order valence-corrected chi connectivity index (χ0v) is 12.1. The van der Waals surface area contributed by atoms with Crippen LogP contribution in [0.15, 0.2) is 36.4 Å². The minimum atomic E-state index is 0.494. The SMILES string of the molecule is Cc1ccc(Cl)cc1-c1nc(N)c2cccc(C)c2n1. The molecule has 0 unspecified atom stereocenters. The van der Waals surface area contributed by atoms with Gasteiger partial charge >= 0.3 is 0 Å². The molecule has 0 aliphatic rings. The average molecular weight is 284 g/mol. The van der Waals surface area contributed by atoms with Crippen molar-refractivity contribution in [1.29, 1.82) is 0 Å². The fraction of sp³-hybridized carbons (Fsp3) is 0.125. The van der Waals surface area contributed by atoms with Crippen LogP contribution in [-0.2, 0) is 0 Å². The van der Waals surface area contributed by atoms with Gasteiger partial charge in [0.25, 0.3) is 0 Å². The molecule has 2 N–H and O–H groups in total. The van der Waals surface area contributed by atoms with Crippen LogP contribution in [0.5, 0.6) is 0 Å². The monoisotopic (exact) mass is 283 g/mol. The molecule has 1 aromatic heterocycles. The van der Waals surface area contributed by atoms with Gasteiger partial charge in [0.15, 0.2) is 5.82 Å². The number of nitrogens with two attached hydrogens (primary N) is 1. The van der Waals surface area contributed by atoms with E-state index in [1.807, 2.05) is 50.2 Å². The highest BCUT2D eigenvalue weighted by Crippen LogP contribution is 2.28. The topological polar surface area (TPSA) is 51.8 Å². The van der Waals surface area contributed by atoms with Gasteiger partial charge in [0.2, 0.25) is 0 Å². The summed E-state index contributed by atoms with van der Waals surface area (Å²) in [6.45, 7) is 4.02. The third-order valence-electron chi connectivity index (χ3n) is 3.40. The number of aryl methyl sites for hydroxylation is 2. The first kappa shape index (κ1) is 12.9. The Morgan fingerprint density at radius 3 is 2.60 bits per heavy atom. The van der Waals surface area contributed by atoms with Crippen LogP contribution < -0.4 is 5.73 Å². The summed E-state index contributed by atoms with van der Waals surface area (Å²) in [7, 11) is 0. The molecule has 1 heterocycles. The van der Waals surface area contributed by atoms with E-state index in [0.29, 0.717) is 16.7 Å². The van der Waals surface area contributed by atoms with Crippen molar-refractivity contribution >= 4 is 28.3 Å². The molecular weight excluding hydrogens is 270 g/mol. The van der Waals surface area contributed by atoms with Crippen LogP contribution in [0.3, 0.4) is 0 Å². The maximum absolute atomic E-state index is 6.07. The second kappa shape index (κ2) is 4.76. The Hall–Kier alpha value is -2.13. The molecule has 20 heavy (non-hydrogen) atoms. The number of nitrogen functional groups attached to an aromatic ring is 1. The summed E-state index contributed by atoms with van der Waals surface area (Å²) in [5.41, 5.74) is 10.0. The molecule has 0 fully saturated rings. The van der Waals surface area contributed by atoms with E-state index in [2.05, 4.69) is 9.97 Å². The number of nitrogens with zero attached hydrogens (tertiary/aromatic N) is 2. The van der Waals surface area contributed by atoms with Crippen LogP contribution in [0.1, 0.15) is 11.1 Å². The zero-order chi connectivity index (χ0) is 14.3. The first-order chi connectivity index (χ1) is 9.56. The summed E-state index contributed by atoms with van der Waals surface area (Å²) < 4.78 is 0. The van der Waals surface area contributed by atoms with Crippen molar-refractivity contribution in [2.75, 3.05) is 5.73 Å². The number of hydrogen-bond donors (Lipinski definition) is 1. The Labute approximate surface area is 122 Å². The standard InChI is InChI=1S/C16H14ClN3/c1-9-6-7-11(17)8-13(9)16-19-14-10(2)4-3-5-12(14)15(18)20-16/h3-8H,1-2H3,(H2,18,19,20). The Bertz CT molecular complexity index is 812. The van der Waals surface area contributed by atoms with Crippen LogP contribution >= 0.6 is 11.6 Å². The van der Waals surface area contributed by atoms with Gasteiger partial charge in [-0.25, -0.2) is 9.97 Å². The Morgan fingerprint density at radius 1 is 1.00 bits per heavy atom. The van der Waals surface area contributed by atoms with Crippen molar-refractivity contribution in [2.45, 2.75) is 13.8 Å². The number of rotatable bonds is 1. The van der Waals surface area contributed by atoms with E-state index in [1.165, 1.54) is 0 Å². The number of halogens is 1. The third-order valence-corrected chi connectivity index (χ3v) is 3.63. The Morgan fingerprint density at radius 2 is 1.80 bits per heavy atom. The highest BCUT2D eigenvalue weighted by atomic mass is 35.5. The Balaban J connectivity index is 2.32. The van der Waals surface area contributed by atoms with Crippen LogP contribution in [0.2, 0.25) is 5.02 Å². The normalized spacial score (nSPS) is 10.9. The summed E-state index contributed by atoms with van der Waals surface area (Å²) >= 11 is 6.07. The molecule has 0 aliphatic carbocycles. The van der Waals surface area contributed by atoms with Crippen molar-refractivity contribution in [3.05, 3.63) is 52.5 Å². The summed E-state index contributed by atoms with van der Waals surface area (Å²) in [5, 5.41) is 1.55. The minimum Gasteiger partial charge on any atom is -0.383 e. The fourth-order valence-corrected chi connectivity index (χ4v) is 2.45. The van der Waals surface area contributed by atoms with Crippen molar-refractivity contribution in [2.24, 2.45) is 0 Å². The highest BCUT2D eigenvalue weighted by molar-refractivity contribution is 6.30. The fourth-order valence-electron chi connectivity index (χ4n) is 2.27. The van der Waals surface area contributed by atoms with Crippen molar-refractivity contribution in [3.63, 3.8) is 0 Å². The van der Waals surface area contributed by atoms with Gasteiger partial charge in [-0.3, -0.25) is 0 Å². The van der Waals surface area contributed by atoms with Crippen LogP contribution in [0, 0.1) is 13.8 Å². The lowest BCUT2D eigenvalue weighted by Crippen LogP contribution is -1.99. The van der Waals surface area contributed by atoms with Crippen LogP contribution in [0.4, 0.5) is 5.82 Å². The average Bonchev–Trinajstić information content (AvgIpc) is 2.42. The van der Waals surface area contributed by atoms with Crippen molar-refractivity contribution < 1.29 is 0 Å². The molecule has 0 radical (unpaired) electrons. The van der Waals surface area contributed by atoms with Gasteiger partial charge in [-0.05, 0) is 43.2 Å². The summed E-state index contributed by atoms with van der Waals surface area (Å²) in [6, 6.07) is 11.6. The molecular formula is C16H14ClN3. The summed E-state index contributed by atoms with van der Waals surface area (Å²) in [6.07, 6.45) is 0. The van der Waals surface area contributed by atoms with Crippen molar-refractivity contribution in [3.8, 4) is 11.4 Å². The first-order valence-corrected chi connectivity index (χ1v) is 6.73. The second-order valence-electron chi connectivity index (χ2n) is 4.86. The minimum absolute atomic E-state index is 0.494. The largest absolute Gasteiger partial charge is 0.383 e. The predicted octanol–water partition coefficient (Wildman–Crippen LogP) is 4.15. The predicted molar refractivity (Wildman–Crippen MR) is 83.9 cm³/mol. The molecule has 0 saturated carbocycles. The molecule has 3 rings (SSSR count). The number of hydrogen-bond acceptors (Lipinski definition) is 3. The smallest absolute Gasteiger partial charge is 0.162 e. The van der Waals surface area contributed by atoms with E-state index < -0.39 is 0 Å². The van der Waals surface area contributed by atoms with E-state index in [1.54, 1.807) is 0 Å². The van der Waals surface area contributed by atoms with Crippen LogP contribution in [0.25, 0.3) is 22.3 Å². The number of benzene rings is 2. The molecule has 100 valence electrons. The lowest BCUT2D eigenvalue weighted by molar-refractivity contribution is 1.21. The van der Waals surface area contributed by atoms with Gasteiger partial charge in [0.05, 0.1) is 5.52 Å². The number of fused-ring (bicyclic) bond motifs is 1. The summed E-state index contributed by atoms with van der Waals surface area (Å²) in [5.74, 6) is 1.11. The van der Waals surface area contributed by atoms with E-state index >= 15 is 0 Å². The molecule has 0 saturated heterocycles. The first-order valence-electron chi connectivity index (χ1n) is 6.35. The molecule has 0 bridgehead atoms. The Kier molecular flexibility index (Phi) is 3.07. The maximum Gasteiger partial charge on any atom is 0.162 e. The highest BCUT2D eigenvalue weighted by Gasteiger charge is 2.11. The van der Waals surface area contributed by atoms with Crippen molar-refractivity contribution in [1.82, 2.24) is 9.97 Å². The molecule has 0 spiro atoms. The van der Waals surface area contributed by atoms with Crippen LogP contribution in [-0.4, -0.2) is 9.97 Å². The van der Waals surface area contributed by atoms with Gasteiger partial charge in [-0.2, -0.15) is 0 Å². The molecule has 0 amide bonds. The number of para-hydroxylation sites is 1. The molecule has 0 aliphatic heterocycles. The van der Waals surface area contributed by atoms with Gasteiger partial charge in [0, 0.05) is 16.0 Å². The molecule has 3 nitrogen and oxygen atoms in total. The van der Waals surface area contributed by atoms with Gasteiger partial charge in [-0.1, -0.05) is 29.8 Å². The van der Waals surface area contributed by atoms with E-state index in [4.69, 9.17) is 17.3 Å². The van der Waals surface area contributed by atoms with Gasteiger partial charge in [-0.15, -0.1) is 0 Å². The molecule has 0 atom stereocenters. The molecule has 2 aromatic carbocycles. The van der Waals surface area contributed by atoms with Gasteiger partial charge < -0.3 is 5.73 Å². The van der Waals surface area contributed by atoms with E-state index in [9.17, 15) is 0 Å². The molecule has 3 aromatic rings. The lowest BCUT2D eigenvalue weighted by atomic mass is 10.1. The van der Waals surface area contributed by atoms with E-state index in [0.717, 1.165) is 27.6 Å². The summed E-state index contributed by atoms with van der Waals surface area (Å²) in [4.78, 5) is 9.08. The zero-order valence-electron chi connectivity index (χ0n) is 11.3. The second-order valence-corrected chi connectivity index (χ2v) is 5.30. The lowest BCUT2D eigenvalue weighted by Gasteiger charge is -2.09. The number of anilines is 1. The quantitative estimate of drug-likeness (QED) is 0.730. The number of aromatic nitrogens is 2.